The van der Waals surface area contributed by atoms with Crippen molar-refractivity contribution in [2.24, 2.45) is 57.2 Å². The van der Waals surface area contributed by atoms with E-state index in [1.165, 1.54) is 87.3 Å². The van der Waals surface area contributed by atoms with Crippen molar-refractivity contribution < 1.29 is 0 Å². The number of benzene rings is 8. The molecular weight excluding hydrogens is 1270 g/mol. The Kier molecular flexibility index (Phi) is 19.3. The number of anilines is 10. The van der Waals surface area contributed by atoms with Crippen molar-refractivity contribution in [1.82, 2.24) is 0 Å². The predicted octanol–water partition coefficient (Wildman–Crippen LogP) is 26.2. The Bertz CT molecular complexity index is 4310. The molecule has 8 aromatic rings. The van der Waals surface area contributed by atoms with Crippen LogP contribution in [0.4, 0.5) is 56.9 Å². The molecule has 8 atom stereocenters. The minimum atomic E-state index is -0.0880. The zero-order valence-electron chi connectivity index (χ0n) is 65.3. The molecule has 8 aliphatic rings. The van der Waals surface area contributed by atoms with E-state index < -0.39 is 0 Å². The van der Waals surface area contributed by atoms with Crippen molar-refractivity contribution in [3.8, 4) is 11.1 Å². The molecule has 16 rings (SSSR count). The highest BCUT2D eigenvalue weighted by Gasteiger charge is 2.52. The van der Waals surface area contributed by atoms with Crippen molar-refractivity contribution in [3.63, 3.8) is 0 Å². The summed E-state index contributed by atoms with van der Waals surface area (Å²) in [7, 11) is 0. The zero-order valence-corrected chi connectivity index (χ0v) is 65.3. The highest BCUT2D eigenvalue weighted by Crippen LogP contribution is 2.56. The lowest BCUT2D eigenvalue weighted by Gasteiger charge is -2.54. The van der Waals surface area contributed by atoms with Crippen LogP contribution in [0, 0.1) is 57.2 Å². The topological polar surface area (TPSA) is 13.0 Å². The molecule has 0 spiro atoms. The first-order chi connectivity index (χ1) is 50.6. The van der Waals surface area contributed by atoms with Gasteiger partial charge in [-0.05, 0) is 272 Å². The molecule has 0 aromatic heterocycles. The van der Waals surface area contributed by atoms with E-state index in [1.807, 2.05) is 0 Å². The van der Waals surface area contributed by atoms with Crippen LogP contribution >= 0.6 is 0 Å². The van der Waals surface area contributed by atoms with Crippen LogP contribution in [0.5, 0.6) is 0 Å². The quantitative estimate of drug-likeness (QED) is 0.0842. The largest absolute Gasteiger partial charge is 0.334 e. The van der Waals surface area contributed by atoms with Gasteiger partial charge in [0.2, 0.25) is 0 Å². The van der Waals surface area contributed by atoms with Gasteiger partial charge in [-0.1, -0.05) is 257 Å². The van der Waals surface area contributed by atoms with Crippen LogP contribution in [-0.2, 0) is 0 Å². The summed E-state index contributed by atoms with van der Waals surface area (Å²) in [6.07, 6.45) is 34.9. The second-order valence-electron chi connectivity index (χ2n) is 36.8. The van der Waals surface area contributed by atoms with Crippen molar-refractivity contribution in [2.45, 2.75) is 198 Å². The molecule has 0 saturated carbocycles. The number of hydrogen-bond acceptors (Lipinski definition) is 4. The van der Waals surface area contributed by atoms with Gasteiger partial charge < -0.3 is 19.6 Å². The van der Waals surface area contributed by atoms with Crippen molar-refractivity contribution >= 4 is 80.0 Å². The van der Waals surface area contributed by atoms with Crippen LogP contribution in [-0.4, -0.2) is 18.8 Å². The third-order valence-electron chi connectivity index (χ3n) is 26.5. The average molecular weight is 1380 g/mol. The second kappa shape index (κ2) is 28.6. The molecule has 0 amide bonds. The molecule has 2 heterocycles. The van der Waals surface area contributed by atoms with Gasteiger partial charge in [0, 0.05) is 68.7 Å². The molecule has 8 aromatic carbocycles. The third-order valence-corrected chi connectivity index (χ3v) is 26.5. The van der Waals surface area contributed by atoms with E-state index in [9.17, 15) is 0 Å². The Morgan fingerprint density at radius 2 is 0.705 bits per heavy atom. The smallest absolute Gasteiger partial charge is 0.252 e. The van der Waals surface area contributed by atoms with Crippen LogP contribution in [0.25, 0.3) is 11.1 Å². The predicted molar refractivity (Wildman–Crippen MR) is 452 cm³/mol. The molecule has 105 heavy (non-hydrogen) atoms. The summed E-state index contributed by atoms with van der Waals surface area (Å²) in [5.41, 5.74) is 30.0. The third kappa shape index (κ3) is 13.8. The van der Waals surface area contributed by atoms with Crippen LogP contribution in [0.2, 0.25) is 0 Å². The van der Waals surface area contributed by atoms with Crippen LogP contribution in [0.3, 0.4) is 0 Å². The molecule has 4 nitrogen and oxygen atoms in total. The molecule has 0 fully saturated rings. The molecule has 8 unspecified atom stereocenters. The first kappa shape index (κ1) is 70.8. The monoisotopic (exact) mass is 1380 g/mol. The summed E-state index contributed by atoms with van der Waals surface area (Å²) in [4.78, 5) is 11.2. The van der Waals surface area contributed by atoms with E-state index >= 15 is 0 Å². The van der Waals surface area contributed by atoms with Gasteiger partial charge in [-0.25, -0.2) is 0 Å². The normalized spacial score (nSPS) is 23.5. The molecule has 538 valence electrons. The van der Waals surface area contributed by atoms with Crippen molar-refractivity contribution in [3.05, 3.63) is 270 Å². The van der Waals surface area contributed by atoms with Crippen LogP contribution in [0.15, 0.2) is 270 Å². The summed E-state index contributed by atoms with van der Waals surface area (Å²) < 4.78 is 0. The number of hydrogen-bond donors (Lipinski definition) is 0. The number of rotatable bonds is 13. The minimum absolute atomic E-state index is 0.0763. The fourth-order valence-electron chi connectivity index (χ4n) is 20.6. The SMILES string of the molecule is CC(C)(C)C1=CCC(C2=CCCC(C3=CCC(C(C)(C)C)CC3)C2N2c3cc(N(c4ccccc4)c4ccccc4)ccc3B3c4ccc(N(c5ccccc5)c5ccccc5)cc4N(C4C(C5CC=C(C(C)(C)C)CC5)=CCCC4C4=CCC(C(C)(C)C)CC4)c4cc(-c5ccccc5)cc2c43)CC1. The molecular formula is C100H115BN4. The number of para-hydroxylation sites is 4. The van der Waals surface area contributed by atoms with Crippen LogP contribution < -0.4 is 36.0 Å². The summed E-state index contributed by atoms with van der Waals surface area (Å²) in [5, 5.41) is 0. The van der Waals surface area contributed by atoms with Gasteiger partial charge in [0.25, 0.3) is 6.71 Å². The van der Waals surface area contributed by atoms with Crippen molar-refractivity contribution in [1.29, 1.82) is 0 Å². The molecule has 6 aliphatic carbocycles. The first-order valence-corrected chi connectivity index (χ1v) is 40.7. The van der Waals surface area contributed by atoms with Gasteiger partial charge in [0.05, 0.1) is 12.1 Å². The van der Waals surface area contributed by atoms with Gasteiger partial charge in [0.1, 0.15) is 0 Å². The summed E-state index contributed by atoms with van der Waals surface area (Å²) in [6, 6.07) is 77.6. The fraction of sp³-hybridized carbons (Fsp3) is 0.400. The van der Waals surface area contributed by atoms with Gasteiger partial charge in [-0.15, -0.1) is 0 Å². The minimum Gasteiger partial charge on any atom is -0.334 e. The van der Waals surface area contributed by atoms with Gasteiger partial charge in [-0.2, -0.15) is 0 Å². The van der Waals surface area contributed by atoms with Crippen molar-refractivity contribution in [2.75, 3.05) is 19.6 Å². The van der Waals surface area contributed by atoms with E-state index in [1.54, 1.807) is 33.4 Å². The Labute approximate surface area is 631 Å². The standard InChI is InChI=1S/C100H115BN4/c1-97(2,3)74-52-44-69(45-53-74)84-40-28-41-85(70-46-54-75(55-47-70)98(4,5)6)95(84)104-90-66-82(102(78-32-20-14-21-33-78)79-34-22-15-23-35-79)60-62-88(90)101-89-63-61-83(103(80-36-24-16-25-37-80)81-38-26-17-27-39-81)67-91(89)105(93-65-73(64-92(104)94(93)101)68-30-18-13-19-31-68)96-86(71-48-56-76(57-49-71)99(7,8)9)42-29-43-87(96)72-50-58-77(59-51-72)100(10,11)12/h13-27,30-40,42,46,50,52,56,60-67,69,71,75,77,85,87,95-96H,28-29,41,43-45,47-49,51,53-55,57-59H2,1-12H3. The molecule has 0 bridgehead atoms. The lowest BCUT2D eigenvalue weighted by Crippen LogP contribution is -2.65. The second-order valence-corrected chi connectivity index (χ2v) is 36.8. The summed E-state index contributed by atoms with van der Waals surface area (Å²) in [5.74, 6) is 2.80. The lowest BCUT2D eigenvalue weighted by atomic mass is 9.33. The molecule has 0 radical (unpaired) electrons. The van der Waals surface area contributed by atoms with Gasteiger partial charge in [-0.3, -0.25) is 0 Å². The van der Waals surface area contributed by atoms with E-state index in [-0.39, 0.29) is 40.5 Å². The van der Waals surface area contributed by atoms with Gasteiger partial charge >= 0.3 is 0 Å². The number of nitrogens with zero attached hydrogens (tertiary/aromatic N) is 4. The van der Waals surface area contributed by atoms with E-state index in [0.29, 0.717) is 35.5 Å². The molecule has 2 aliphatic heterocycles. The molecule has 0 N–H and O–H groups in total. The Morgan fingerprint density at radius 3 is 1.03 bits per heavy atom. The Balaban J connectivity index is 1.01. The highest BCUT2D eigenvalue weighted by molar-refractivity contribution is 7.00. The molecule has 0 saturated heterocycles. The zero-order chi connectivity index (χ0) is 72.5. The van der Waals surface area contributed by atoms with E-state index in [0.717, 1.165) is 99.8 Å². The first-order valence-electron chi connectivity index (χ1n) is 40.7. The maximum atomic E-state index is 3.07. The average Bonchev–Trinajstić information content (AvgIpc) is 0.687. The van der Waals surface area contributed by atoms with Crippen LogP contribution in [0.1, 0.15) is 186 Å². The van der Waals surface area contributed by atoms with E-state index in [4.69, 9.17) is 0 Å². The Hall–Kier alpha value is -8.54. The maximum absolute atomic E-state index is 3.07. The summed E-state index contributed by atoms with van der Waals surface area (Å²) >= 11 is 0. The lowest BCUT2D eigenvalue weighted by molar-refractivity contribution is 0.215. The highest BCUT2D eigenvalue weighted by atomic mass is 15.2. The summed E-state index contributed by atoms with van der Waals surface area (Å²) in [6.45, 7) is 29.5. The van der Waals surface area contributed by atoms with E-state index in [2.05, 4.69) is 339 Å². The maximum Gasteiger partial charge on any atom is 0.252 e. The fourth-order valence-corrected chi connectivity index (χ4v) is 20.6. The molecule has 5 heteroatoms. The number of fused-ring (bicyclic) bond motifs is 4. The number of allylic oxidation sites excluding steroid dienone is 8. The van der Waals surface area contributed by atoms with Gasteiger partial charge in [0.15, 0.2) is 0 Å². The Morgan fingerprint density at radius 1 is 0.333 bits per heavy atom.